The predicted molar refractivity (Wildman–Crippen MR) is 175 cm³/mol. The number of aliphatic hydroxyl groups excluding tert-OH is 2. The smallest absolute Gasteiger partial charge is 0.220 e. The SMILES string of the molecule is CCCCCCCCCCCCCCC/C=C/CC/C=C/C(O)C(CO)NC(=O)CCCCCCCCCCC. The number of carbonyl (C=O) groups excluding carboxylic acids is 1. The number of nitrogens with one attached hydrogen (secondary N) is 1. The largest absolute Gasteiger partial charge is 0.394 e. The second-order valence-electron chi connectivity index (χ2n) is 11.9. The molecular weight excluding hydrogens is 494 g/mol. The maximum absolute atomic E-state index is 12.2. The van der Waals surface area contributed by atoms with Gasteiger partial charge in [0.1, 0.15) is 0 Å². The summed E-state index contributed by atoms with van der Waals surface area (Å²) in [6.07, 6.45) is 39.8. The van der Waals surface area contributed by atoms with Crippen LogP contribution in [0.1, 0.15) is 181 Å². The molecule has 0 aromatic carbocycles. The number of rotatable bonds is 31. The molecule has 4 heteroatoms. The van der Waals surface area contributed by atoms with E-state index in [1.54, 1.807) is 6.08 Å². The molecule has 0 saturated carbocycles. The average Bonchev–Trinajstić information content (AvgIpc) is 2.96. The lowest BCUT2D eigenvalue weighted by Gasteiger charge is -2.19. The zero-order chi connectivity index (χ0) is 29.4. The van der Waals surface area contributed by atoms with Crippen LogP contribution in [0.25, 0.3) is 0 Å². The third-order valence-corrected chi connectivity index (χ3v) is 7.94. The summed E-state index contributed by atoms with van der Waals surface area (Å²) in [5.41, 5.74) is 0. The molecule has 236 valence electrons. The Labute approximate surface area is 249 Å². The highest BCUT2D eigenvalue weighted by Crippen LogP contribution is 2.13. The van der Waals surface area contributed by atoms with Gasteiger partial charge in [-0.25, -0.2) is 0 Å². The highest BCUT2D eigenvalue weighted by molar-refractivity contribution is 5.76. The first-order chi connectivity index (χ1) is 19.7. The lowest BCUT2D eigenvalue weighted by Crippen LogP contribution is -2.45. The minimum Gasteiger partial charge on any atom is -0.394 e. The molecule has 0 saturated heterocycles. The van der Waals surface area contributed by atoms with Gasteiger partial charge in [-0.3, -0.25) is 4.79 Å². The van der Waals surface area contributed by atoms with Crippen LogP contribution >= 0.6 is 0 Å². The lowest BCUT2D eigenvalue weighted by molar-refractivity contribution is -0.123. The number of hydrogen-bond acceptors (Lipinski definition) is 3. The Morgan fingerprint density at radius 1 is 0.575 bits per heavy atom. The summed E-state index contributed by atoms with van der Waals surface area (Å²) >= 11 is 0. The molecule has 0 fully saturated rings. The summed E-state index contributed by atoms with van der Waals surface area (Å²) in [6, 6.07) is -0.631. The number of aliphatic hydroxyl groups is 2. The Hall–Kier alpha value is -1.13. The Morgan fingerprint density at radius 3 is 1.45 bits per heavy atom. The monoisotopic (exact) mass is 564 g/mol. The number of amides is 1. The highest BCUT2D eigenvalue weighted by atomic mass is 16.3. The fraction of sp³-hybridized carbons (Fsp3) is 0.861. The molecule has 0 aliphatic carbocycles. The molecule has 0 spiro atoms. The molecule has 0 rings (SSSR count). The third-order valence-electron chi connectivity index (χ3n) is 7.94. The summed E-state index contributed by atoms with van der Waals surface area (Å²) in [7, 11) is 0. The van der Waals surface area contributed by atoms with Crippen molar-refractivity contribution < 1.29 is 15.0 Å². The highest BCUT2D eigenvalue weighted by Gasteiger charge is 2.17. The zero-order valence-electron chi connectivity index (χ0n) is 26.9. The van der Waals surface area contributed by atoms with Gasteiger partial charge >= 0.3 is 0 Å². The lowest BCUT2D eigenvalue weighted by atomic mass is 10.0. The average molecular weight is 564 g/mol. The molecule has 0 aliphatic heterocycles. The van der Waals surface area contributed by atoms with Crippen LogP contribution in [0.15, 0.2) is 24.3 Å². The number of allylic oxidation sites excluding steroid dienone is 3. The van der Waals surface area contributed by atoms with Crippen LogP contribution in [0.2, 0.25) is 0 Å². The maximum atomic E-state index is 12.2. The van der Waals surface area contributed by atoms with Crippen molar-refractivity contribution in [2.24, 2.45) is 0 Å². The first-order valence-corrected chi connectivity index (χ1v) is 17.6. The van der Waals surface area contributed by atoms with Crippen LogP contribution in [0.5, 0.6) is 0 Å². The number of hydrogen-bond donors (Lipinski definition) is 3. The second-order valence-corrected chi connectivity index (χ2v) is 11.9. The molecule has 0 bridgehead atoms. The van der Waals surface area contributed by atoms with Crippen molar-refractivity contribution in [3.63, 3.8) is 0 Å². The topological polar surface area (TPSA) is 69.6 Å². The van der Waals surface area contributed by atoms with E-state index < -0.39 is 12.1 Å². The minimum atomic E-state index is -0.855. The maximum Gasteiger partial charge on any atom is 0.220 e. The van der Waals surface area contributed by atoms with E-state index in [-0.39, 0.29) is 12.5 Å². The van der Waals surface area contributed by atoms with Gasteiger partial charge in [-0.15, -0.1) is 0 Å². The van der Waals surface area contributed by atoms with Gasteiger partial charge in [0.05, 0.1) is 18.8 Å². The number of carbonyl (C=O) groups is 1. The Kier molecular flexibility index (Phi) is 31.5. The van der Waals surface area contributed by atoms with E-state index in [2.05, 4.69) is 31.3 Å². The van der Waals surface area contributed by atoms with Crippen molar-refractivity contribution in [3.05, 3.63) is 24.3 Å². The second kappa shape index (κ2) is 32.4. The first kappa shape index (κ1) is 38.9. The predicted octanol–water partition coefficient (Wildman–Crippen LogP) is 10.1. The van der Waals surface area contributed by atoms with Crippen molar-refractivity contribution in [1.29, 1.82) is 0 Å². The van der Waals surface area contributed by atoms with Crippen molar-refractivity contribution >= 4 is 5.91 Å². The minimum absolute atomic E-state index is 0.0782. The molecule has 2 unspecified atom stereocenters. The zero-order valence-corrected chi connectivity index (χ0v) is 26.9. The molecule has 1 amide bonds. The van der Waals surface area contributed by atoms with Crippen LogP contribution in [0.3, 0.4) is 0 Å². The van der Waals surface area contributed by atoms with E-state index in [0.29, 0.717) is 6.42 Å². The summed E-state index contributed by atoms with van der Waals surface area (Å²) in [4.78, 5) is 12.2. The Balaban J connectivity index is 3.65. The van der Waals surface area contributed by atoms with Crippen LogP contribution < -0.4 is 5.32 Å². The molecule has 0 aliphatic rings. The van der Waals surface area contributed by atoms with Crippen molar-refractivity contribution in [2.75, 3.05) is 6.61 Å². The summed E-state index contributed by atoms with van der Waals surface area (Å²) in [5.74, 6) is -0.0782. The normalized spacial score (nSPS) is 13.4. The van der Waals surface area contributed by atoms with E-state index in [9.17, 15) is 15.0 Å². The van der Waals surface area contributed by atoms with E-state index >= 15 is 0 Å². The fourth-order valence-corrected chi connectivity index (χ4v) is 5.19. The van der Waals surface area contributed by atoms with Gasteiger partial charge in [-0.05, 0) is 32.1 Å². The molecular formula is C36H69NO3. The molecule has 0 aromatic rings. The van der Waals surface area contributed by atoms with Crippen LogP contribution in [-0.2, 0) is 4.79 Å². The Bertz CT molecular complexity index is 574. The van der Waals surface area contributed by atoms with Gasteiger partial charge < -0.3 is 15.5 Å². The first-order valence-electron chi connectivity index (χ1n) is 17.6. The van der Waals surface area contributed by atoms with Gasteiger partial charge in [0.25, 0.3) is 0 Å². The summed E-state index contributed by atoms with van der Waals surface area (Å²) in [5, 5.41) is 22.8. The van der Waals surface area contributed by atoms with Gasteiger partial charge in [-0.2, -0.15) is 0 Å². The summed E-state index contributed by atoms with van der Waals surface area (Å²) < 4.78 is 0. The van der Waals surface area contributed by atoms with Gasteiger partial charge in [0, 0.05) is 6.42 Å². The van der Waals surface area contributed by atoms with Gasteiger partial charge in [-0.1, -0.05) is 167 Å². The molecule has 4 nitrogen and oxygen atoms in total. The van der Waals surface area contributed by atoms with Crippen molar-refractivity contribution in [1.82, 2.24) is 5.32 Å². The van der Waals surface area contributed by atoms with Crippen LogP contribution in [0, 0.1) is 0 Å². The molecule has 2 atom stereocenters. The van der Waals surface area contributed by atoms with Crippen LogP contribution in [0.4, 0.5) is 0 Å². The molecule has 0 radical (unpaired) electrons. The molecule has 0 aromatic heterocycles. The van der Waals surface area contributed by atoms with Gasteiger partial charge in [0.15, 0.2) is 0 Å². The molecule has 40 heavy (non-hydrogen) atoms. The standard InChI is InChI=1S/C36H69NO3/c1-3-5-7-9-11-13-14-15-16-17-18-19-20-21-22-24-25-27-29-31-35(39)34(33-38)37-36(40)32-30-28-26-23-12-10-8-6-4-2/h22,24,29,31,34-35,38-39H,3-21,23,25-28,30,32-33H2,1-2H3,(H,37,40)/b24-22+,31-29+. The van der Waals surface area contributed by atoms with Crippen molar-refractivity contribution in [3.8, 4) is 0 Å². The van der Waals surface area contributed by atoms with E-state index in [4.69, 9.17) is 0 Å². The fourth-order valence-electron chi connectivity index (χ4n) is 5.19. The molecule has 0 heterocycles. The third kappa shape index (κ3) is 28.4. The Morgan fingerprint density at radius 2 is 0.975 bits per heavy atom. The quantitative estimate of drug-likeness (QED) is 0.0580. The number of unbranched alkanes of at least 4 members (excludes halogenated alkanes) is 22. The molecule has 3 N–H and O–H groups in total. The van der Waals surface area contributed by atoms with E-state index in [0.717, 1.165) is 32.1 Å². The van der Waals surface area contributed by atoms with Gasteiger partial charge in [0.2, 0.25) is 5.91 Å². The summed E-state index contributed by atoms with van der Waals surface area (Å²) in [6.45, 7) is 4.26. The van der Waals surface area contributed by atoms with E-state index in [1.165, 1.54) is 128 Å². The van der Waals surface area contributed by atoms with Crippen molar-refractivity contribution in [2.45, 2.75) is 193 Å². The van der Waals surface area contributed by atoms with E-state index in [1.807, 2.05) is 6.08 Å². The van der Waals surface area contributed by atoms with Crippen LogP contribution in [-0.4, -0.2) is 34.9 Å².